The van der Waals surface area contributed by atoms with Gasteiger partial charge in [0.2, 0.25) is 5.88 Å². The zero-order chi connectivity index (χ0) is 26.2. The second-order valence-electron chi connectivity index (χ2n) is 12.2. The molecule has 6 nitrogen and oxygen atoms in total. The molecule has 4 unspecified atom stereocenters. The van der Waals surface area contributed by atoms with E-state index in [-0.39, 0.29) is 22.7 Å². The summed E-state index contributed by atoms with van der Waals surface area (Å²) in [5, 5.41) is 11.0. The SMILES string of the molecule is CCC(C)(CCOc1ccccn1)c1[nH]c(-c2ccc(OC3CC4CCC3C4)cc2O)nc1C(C)(C)C. The molecule has 0 saturated heterocycles. The molecule has 2 aliphatic rings. The lowest BCUT2D eigenvalue weighted by Crippen LogP contribution is -2.29. The minimum Gasteiger partial charge on any atom is -0.507 e. The van der Waals surface area contributed by atoms with E-state index in [4.69, 9.17) is 14.5 Å². The van der Waals surface area contributed by atoms with E-state index >= 15 is 0 Å². The number of benzene rings is 1. The van der Waals surface area contributed by atoms with Gasteiger partial charge in [0, 0.05) is 34.9 Å². The molecule has 2 bridgehead atoms. The molecule has 2 heterocycles. The van der Waals surface area contributed by atoms with Gasteiger partial charge in [-0.1, -0.05) is 40.7 Å². The van der Waals surface area contributed by atoms with E-state index in [1.165, 1.54) is 19.3 Å². The smallest absolute Gasteiger partial charge is 0.213 e. The van der Waals surface area contributed by atoms with Gasteiger partial charge in [-0.3, -0.25) is 0 Å². The van der Waals surface area contributed by atoms with Crippen LogP contribution in [0.15, 0.2) is 42.6 Å². The Labute approximate surface area is 220 Å². The van der Waals surface area contributed by atoms with Crippen molar-refractivity contribution in [3.63, 3.8) is 0 Å². The summed E-state index contributed by atoms with van der Waals surface area (Å²) in [5.74, 6) is 3.75. The van der Waals surface area contributed by atoms with Crippen molar-refractivity contribution in [2.45, 2.75) is 90.1 Å². The molecule has 3 aromatic rings. The monoisotopic (exact) mass is 503 g/mol. The van der Waals surface area contributed by atoms with Crippen LogP contribution in [0.1, 0.15) is 84.5 Å². The zero-order valence-corrected chi connectivity index (χ0v) is 22.9. The number of aromatic amines is 1. The molecule has 2 aliphatic carbocycles. The van der Waals surface area contributed by atoms with E-state index < -0.39 is 0 Å². The normalized spacial score (nSPS) is 22.7. The number of phenols is 1. The highest BCUT2D eigenvalue weighted by molar-refractivity contribution is 5.66. The molecule has 2 aromatic heterocycles. The van der Waals surface area contributed by atoms with E-state index in [0.29, 0.717) is 29.8 Å². The molecule has 198 valence electrons. The summed E-state index contributed by atoms with van der Waals surface area (Å²) in [6.45, 7) is 11.6. The van der Waals surface area contributed by atoms with Crippen LogP contribution in [-0.4, -0.2) is 32.8 Å². The van der Waals surface area contributed by atoms with Gasteiger partial charge in [0.25, 0.3) is 0 Å². The van der Waals surface area contributed by atoms with Gasteiger partial charge in [-0.25, -0.2) is 9.97 Å². The van der Waals surface area contributed by atoms with E-state index in [2.05, 4.69) is 44.6 Å². The van der Waals surface area contributed by atoms with E-state index in [1.807, 2.05) is 30.3 Å². The van der Waals surface area contributed by atoms with E-state index in [9.17, 15) is 5.11 Å². The molecule has 2 saturated carbocycles. The molecule has 0 aliphatic heterocycles. The van der Waals surface area contributed by atoms with Crippen LogP contribution in [0.2, 0.25) is 0 Å². The number of hydrogen-bond donors (Lipinski definition) is 2. The van der Waals surface area contributed by atoms with Gasteiger partial charge < -0.3 is 19.6 Å². The summed E-state index contributed by atoms with van der Waals surface area (Å²) >= 11 is 0. The molecule has 0 spiro atoms. The van der Waals surface area contributed by atoms with Crippen LogP contribution in [0, 0.1) is 11.8 Å². The summed E-state index contributed by atoms with van der Waals surface area (Å²) in [4.78, 5) is 12.9. The van der Waals surface area contributed by atoms with E-state index in [0.717, 1.165) is 42.3 Å². The number of aromatic hydroxyl groups is 1. The maximum atomic E-state index is 11.0. The first-order valence-corrected chi connectivity index (χ1v) is 13.8. The van der Waals surface area contributed by atoms with Crippen molar-refractivity contribution >= 4 is 0 Å². The molecular weight excluding hydrogens is 462 g/mol. The molecule has 0 radical (unpaired) electrons. The van der Waals surface area contributed by atoms with Crippen molar-refractivity contribution < 1.29 is 14.6 Å². The predicted molar refractivity (Wildman–Crippen MR) is 146 cm³/mol. The quantitative estimate of drug-likeness (QED) is 0.323. The van der Waals surface area contributed by atoms with Crippen molar-refractivity contribution in [2.24, 2.45) is 11.8 Å². The Kier molecular flexibility index (Phi) is 6.95. The molecule has 5 rings (SSSR count). The summed E-state index contributed by atoms with van der Waals surface area (Å²) in [7, 11) is 0. The number of hydrogen-bond acceptors (Lipinski definition) is 5. The standard InChI is InChI=1S/C31H41N3O3/c1-6-31(5,14-16-36-26-9-7-8-15-32-26)28-27(30(2,3)4)33-29(34-28)23-13-12-22(19-24(23)35)37-25-18-20-10-11-21(25)17-20/h7-9,12-13,15,19-21,25,35H,6,10-11,14,16-18H2,1-5H3,(H,33,34). The highest BCUT2D eigenvalue weighted by atomic mass is 16.5. The third-order valence-electron chi connectivity index (χ3n) is 8.52. The fourth-order valence-corrected chi connectivity index (χ4v) is 6.06. The molecular formula is C31H41N3O3. The maximum absolute atomic E-state index is 11.0. The number of ether oxygens (including phenoxy) is 2. The third kappa shape index (κ3) is 5.34. The largest absolute Gasteiger partial charge is 0.507 e. The van der Waals surface area contributed by atoms with Gasteiger partial charge in [0.15, 0.2) is 0 Å². The number of aromatic nitrogens is 3. The Morgan fingerprint density at radius 3 is 2.54 bits per heavy atom. The summed E-state index contributed by atoms with van der Waals surface area (Å²) in [5.41, 5.74) is 2.47. The second-order valence-corrected chi connectivity index (χ2v) is 12.2. The minimum absolute atomic E-state index is 0.164. The topological polar surface area (TPSA) is 80.3 Å². The van der Waals surface area contributed by atoms with Crippen LogP contribution in [0.25, 0.3) is 11.4 Å². The Morgan fingerprint density at radius 2 is 1.92 bits per heavy atom. The van der Waals surface area contributed by atoms with Crippen LogP contribution in [0.4, 0.5) is 0 Å². The number of phenolic OH excluding ortho intramolecular Hbond substituents is 1. The van der Waals surface area contributed by atoms with Crippen LogP contribution in [-0.2, 0) is 10.8 Å². The van der Waals surface area contributed by atoms with Crippen molar-refractivity contribution in [1.29, 1.82) is 0 Å². The Bertz CT molecular complexity index is 1220. The highest BCUT2D eigenvalue weighted by Crippen LogP contribution is 2.46. The lowest BCUT2D eigenvalue weighted by atomic mass is 9.76. The number of nitrogens with one attached hydrogen (secondary N) is 1. The van der Waals surface area contributed by atoms with Crippen molar-refractivity contribution in [2.75, 3.05) is 6.61 Å². The summed E-state index contributed by atoms with van der Waals surface area (Å²) < 4.78 is 12.3. The summed E-state index contributed by atoms with van der Waals surface area (Å²) in [6.07, 6.45) is 8.81. The van der Waals surface area contributed by atoms with Crippen LogP contribution in [0.5, 0.6) is 17.4 Å². The Hall–Kier alpha value is -3.02. The van der Waals surface area contributed by atoms with Gasteiger partial charge in [-0.05, 0) is 68.6 Å². The first-order chi connectivity index (χ1) is 17.7. The maximum Gasteiger partial charge on any atom is 0.213 e. The number of H-pyrrole nitrogens is 1. The number of imidazole rings is 1. The van der Waals surface area contributed by atoms with Gasteiger partial charge in [-0.2, -0.15) is 0 Å². The number of nitrogens with zero attached hydrogens (tertiary/aromatic N) is 2. The average molecular weight is 504 g/mol. The molecule has 2 fully saturated rings. The first-order valence-electron chi connectivity index (χ1n) is 13.8. The minimum atomic E-state index is -0.177. The van der Waals surface area contributed by atoms with Crippen LogP contribution >= 0.6 is 0 Å². The first kappa shape index (κ1) is 25.6. The fraction of sp³-hybridized carbons (Fsp3) is 0.548. The fourth-order valence-electron chi connectivity index (χ4n) is 6.06. The number of rotatable bonds is 9. The Balaban J connectivity index is 1.38. The van der Waals surface area contributed by atoms with Gasteiger partial charge >= 0.3 is 0 Å². The highest BCUT2D eigenvalue weighted by Gasteiger charge is 2.41. The molecule has 37 heavy (non-hydrogen) atoms. The second kappa shape index (κ2) is 10.0. The molecule has 1 aromatic carbocycles. The lowest BCUT2D eigenvalue weighted by Gasteiger charge is -2.31. The number of fused-ring (bicyclic) bond motifs is 2. The van der Waals surface area contributed by atoms with Crippen molar-refractivity contribution in [3.05, 3.63) is 54.0 Å². The predicted octanol–water partition coefficient (Wildman–Crippen LogP) is 7.18. The van der Waals surface area contributed by atoms with Gasteiger partial charge in [0.05, 0.1) is 17.9 Å². The molecule has 6 heteroatoms. The van der Waals surface area contributed by atoms with Gasteiger partial charge in [-0.15, -0.1) is 0 Å². The summed E-state index contributed by atoms with van der Waals surface area (Å²) in [6, 6.07) is 11.4. The van der Waals surface area contributed by atoms with Crippen LogP contribution < -0.4 is 9.47 Å². The molecule has 2 N–H and O–H groups in total. The van der Waals surface area contributed by atoms with Crippen molar-refractivity contribution in [1.82, 2.24) is 15.0 Å². The average Bonchev–Trinajstić information content (AvgIpc) is 3.61. The number of pyridine rings is 1. The zero-order valence-electron chi connectivity index (χ0n) is 22.9. The molecule has 0 amide bonds. The van der Waals surface area contributed by atoms with E-state index in [1.54, 1.807) is 12.3 Å². The lowest BCUT2D eigenvalue weighted by molar-refractivity contribution is 0.138. The third-order valence-corrected chi connectivity index (χ3v) is 8.52. The van der Waals surface area contributed by atoms with Gasteiger partial charge in [0.1, 0.15) is 23.4 Å². The Morgan fingerprint density at radius 1 is 1.08 bits per heavy atom. The van der Waals surface area contributed by atoms with Crippen molar-refractivity contribution in [3.8, 4) is 28.8 Å². The van der Waals surface area contributed by atoms with Crippen LogP contribution in [0.3, 0.4) is 0 Å². The molecule has 4 atom stereocenters.